The Labute approximate surface area is 122 Å². The van der Waals surface area contributed by atoms with Crippen molar-refractivity contribution in [3.05, 3.63) is 36.7 Å². The molecule has 21 heavy (non-hydrogen) atoms. The Morgan fingerprint density at radius 1 is 1.38 bits per heavy atom. The molecular formula is C15H17N5O. The lowest BCUT2D eigenvalue weighted by Crippen LogP contribution is -2.36. The zero-order valence-electron chi connectivity index (χ0n) is 11.9. The number of fused-ring (bicyclic) bond motifs is 1. The van der Waals surface area contributed by atoms with E-state index in [4.69, 9.17) is 4.42 Å². The van der Waals surface area contributed by atoms with Crippen LogP contribution in [-0.4, -0.2) is 26.7 Å². The maximum absolute atomic E-state index is 5.66. The van der Waals surface area contributed by atoms with Crippen LogP contribution in [0.3, 0.4) is 0 Å². The summed E-state index contributed by atoms with van der Waals surface area (Å²) >= 11 is 0. The van der Waals surface area contributed by atoms with E-state index in [2.05, 4.69) is 32.0 Å². The van der Waals surface area contributed by atoms with Gasteiger partial charge in [0.25, 0.3) is 0 Å². The predicted molar refractivity (Wildman–Crippen MR) is 78.9 cm³/mol. The minimum atomic E-state index is 0.219. The molecule has 0 radical (unpaired) electrons. The largest absolute Gasteiger partial charge is 0.467 e. The van der Waals surface area contributed by atoms with Gasteiger partial charge in [0, 0.05) is 6.54 Å². The monoisotopic (exact) mass is 283 g/mol. The van der Waals surface area contributed by atoms with Crippen LogP contribution in [0, 0.1) is 5.92 Å². The van der Waals surface area contributed by atoms with Crippen molar-refractivity contribution in [2.24, 2.45) is 5.92 Å². The number of hydrogen-bond donors (Lipinski definition) is 1. The minimum absolute atomic E-state index is 0.219. The van der Waals surface area contributed by atoms with Gasteiger partial charge < -0.3 is 9.32 Å². The molecule has 0 saturated carbocycles. The lowest BCUT2D eigenvalue weighted by atomic mass is 9.91. The van der Waals surface area contributed by atoms with E-state index >= 15 is 0 Å². The summed E-state index contributed by atoms with van der Waals surface area (Å²) in [4.78, 5) is 11.0. The molecule has 6 nitrogen and oxygen atoms in total. The van der Waals surface area contributed by atoms with E-state index in [1.165, 1.54) is 0 Å². The Hall–Kier alpha value is -2.37. The summed E-state index contributed by atoms with van der Waals surface area (Å²) < 4.78 is 5.66. The molecule has 1 saturated heterocycles. The van der Waals surface area contributed by atoms with Crippen LogP contribution in [0.4, 0.5) is 5.82 Å². The van der Waals surface area contributed by atoms with E-state index < -0.39 is 0 Å². The number of nitrogens with zero attached hydrogens (tertiary/aromatic N) is 4. The van der Waals surface area contributed by atoms with Crippen LogP contribution >= 0.6 is 0 Å². The van der Waals surface area contributed by atoms with E-state index in [1.807, 2.05) is 12.1 Å². The number of piperidine rings is 1. The van der Waals surface area contributed by atoms with Crippen LogP contribution in [0.2, 0.25) is 0 Å². The van der Waals surface area contributed by atoms with E-state index in [0.29, 0.717) is 5.92 Å². The van der Waals surface area contributed by atoms with Gasteiger partial charge in [0.2, 0.25) is 0 Å². The Balaban J connectivity index is 1.79. The first-order chi connectivity index (χ1) is 10.3. The molecule has 6 heteroatoms. The molecule has 4 rings (SSSR count). The molecule has 3 aromatic rings. The molecule has 0 spiro atoms. The summed E-state index contributed by atoms with van der Waals surface area (Å²) in [6.45, 7) is 3.25. The highest BCUT2D eigenvalue weighted by atomic mass is 16.3. The first-order valence-corrected chi connectivity index (χ1v) is 7.27. The first kappa shape index (κ1) is 12.4. The highest BCUT2D eigenvalue weighted by molar-refractivity contribution is 5.86. The predicted octanol–water partition coefficient (Wildman–Crippen LogP) is 2.92. The summed E-state index contributed by atoms with van der Waals surface area (Å²) in [6.07, 6.45) is 7.34. The second-order valence-corrected chi connectivity index (χ2v) is 5.68. The number of aromatic amines is 1. The van der Waals surface area contributed by atoms with Gasteiger partial charge in [-0.1, -0.05) is 6.92 Å². The molecule has 0 bridgehead atoms. The van der Waals surface area contributed by atoms with Crippen LogP contribution in [-0.2, 0) is 0 Å². The standard InChI is InChI=1S/C15H17N5O/c1-10-4-5-20(12(7-10)13-3-2-6-21-13)15-11-8-18-19-14(11)16-9-17-15/h2-3,6,8-10,12H,4-5,7H2,1H3,(H,16,17,18,19)/t10-,12+/m1/s1. The number of nitrogens with one attached hydrogen (secondary N) is 1. The van der Waals surface area contributed by atoms with E-state index in [1.54, 1.807) is 18.8 Å². The highest BCUT2D eigenvalue weighted by Gasteiger charge is 2.31. The molecule has 0 amide bonds. The van der Waals surface area contributed by atoms with Crippen molar-refractivity contribution in [1.82, 2.24) is 20.2 Å². The summed E-state index contributed by atoms with van der Waals surface area (Å²) in [6, 6.07) is 4.21. The van der Waals surface area contributed by atoms with E-state index in [9.17, 15) is 0 Å². The maximum Gasteiger partial charge on any atom is 0.160 e. The van der Waals surface area contributed by atoms with Gasteiger partial charge in [-0.25, -0.2) is 9.97 Å². The molecular weight excluding hydrogens is 266 g/mol. The number of anilines is 1. The second-order valence-electron chi connectivity index (χ2n) is 5.68. The quantitative estimate of drug-likeness (QED) is 0.783. The Morgan fingerprint density at radius 3 is 3.19 bits per heavy atom. The molecule has 0 unspecified atom stereocenters. The molecule has 108 valence electrons. The minimum Gasteiger partial charge on any atom is -0.467 e. The third kappa shape index (κ3) is 2.07. The zero-order chi connectivity index (χ0) is 14.2. The number of furan rings is 1. The van der Waals surface area contributed by atoms with Crippen molar-refractivity contribution < 1.29 is 4.42 Å². The van der Waals surface area contributed by atoms with Gasteiger partial charge in [-0.2, -0.15) is 5.10 Å². The number of rotatable bonds is 2. The van der Waals surface area contributed by atoms with Crippen LogP contribution in [0.5, 0.6) is 0 Å². The fourth-order valence-electron chi connectivity index (χ4n) is 3.13. The molecule has 1 fully saturated rings. The number of hydrogen-bond acceptors (Lipinski definition) is 5. The van der Waals surface area contributed by atoms with Crippen molar-refractivity contribution in [1.29, 1.82) is 0 Å². The fraction of sp³-hybridized carbons (Fsp3) is 0.400. The average Bonchev–Trinajstić information content (AvgIpc) is 3.18. The smallest absolute Gasteiger partial charge is 0.160 e. The third-order valence-electron chi connectivity index (χ3n) is 4.24. The summed E-state index contributed by atoms with van der Waals surface area (Å²) in [5.41, 5.74) is 0.775. The SMILES string of the molecule is C[C@@H]1CCN(c2ncnc3[nH]ncc23)[C@H](c2ccco2)C1. The van der Waals surface area contributed by atoms with Crippen molar-refractivity contribution >= 4 is 16.9 Å². The van der Waals surface area contributed by atoms with Gasteiger partial charge in [-0.3, -0.25) is 5.10 Å². The molecule has 0 aliphatic carbocycles. The van der Waals surface area contributed by atoms with Gasteiger partial charge in [-0.05, 0) is 30.9 Å². The normalized spacial score (nSPS) is 22.8. The van der Waals surface area contributed by atoms with Gasteiger partial charge in [0.05, 0.1) is 23.9 Å². The molecule has 1 N–H and O–H groups in total. The van der Waals surface area contributed by atoms with Crippen LogP contribution in [0.1, 0.15) is 31.6 Å². The van der Waals surface area contributed by atoms with E-state index in [-0.39, 0.29) is 6.04 Å². The molecule has 0 aromatic carbocycles. The van der Waals surface area contributed by atoms with Crippen LogP contribution in [0.15, 0.2) is 35.3 Å². The Kier molecular flexibility index (Phi) is 2.87. The Bertz CT molecular complexity index is 735. The summed E-state index contributed by atoms with van der Waals surface area (Å²) in [7, 11) is 0. The molecule has 4 heterocycles. The lowest BCUT2D eigenvalue weighted by Gasteiger charge is -2.38. The van der Waals surface area contributed by atoms with Crippen molar-refractivity contribution in [3.8, 4) is 0 Å². The number of H-pyrrole nitrogens is 1. The number of aromatic nitrogens is 4. The second kappa shape index (κ2) is 4.87. The van der Waals surface area contributed by atoms with Gasteiger partial charge >= 0.3 is 0 Å². The van der Waals surface area contributed by atoms with E-state index in [0.717, 1.165) is 42.0 Å². The van der Waals surface area contributed by atoms with Gasteiger partial charge in [-0.15, -0.1) is 0 Å². The van der Waals surface area contributed by atoms with Crippen molar-refractivity contribution in [2.45, 2.75) is 25.8 Å². The van der Waals surface area contributed by atoms with Crippen LogP contribution in [0.25, 0.3) is 11.0 Å². The average molecular weight is 283 g/mol. The van der Waals surface area contributed by atoms with Gasteiger partial charge in [0.15, 0.2) is 5.65 Å². The topological polar surface area (TPSA) is 70.8 Å². The molecule has 2 atom stereocenters. The van der Waals surface area contributed by atoms with Gasteiger partial charge in [0.1, 0.15) is 17.9 Å². The maximum atomic E-state index is 5.66. The van der Waals surface area contributed by atoms with Crippen LogP contribution < -0.4 is 4.90 Å². The molecule has 3 aromatic heterocycles. The molecule has 1 aliphatic rings. The Morgan fingerprint density at radius 2 is 2.33 bits per heavy atom. The highest BCUT2D eigenvalue weighted by Crippen LogP contribution is 2.38. The third-order valence-corrected chi connectivity index (χ3v) is 4.24. The molecule has 1 aliphatic heterocycles. The van der Waals surface area contributed by atoms with Crippen molar-refractivity contribution in [2.75, 3.05) is 11.4 Å². The fourth-order valence-corrected chi connectivity index (χ4v) is 3.13. The zero-order valence-corrected chi connectivity index (χ0v) is 11.9. The summed E-state index contributed by atoms with van der Waals surface area (Å²) in [5, 5.41) is 7.95. The summed E-state index contributed by atoms with van der Waals surface area (Å²) in [5.74, 6) is 2.61. The lowest BCUT2D eigenvalue weighted by molar-refractivity contribution is 0.327. The first-order valence-electron chi connectivity index (χ1n) is 7.27. The van der Waals surface area contributed by atoms with Crippen molar-refractivity contribution in [3.63, 3.8) is 0 Å².